The number of aromatic nitrogens is 4. The van der Waals surface area contributed by atoms with E-state index in [1.165, 1.54) is 0 Å². The number of nitrogens with zero attached hydrogens (tertiary/aromatic N) is 4. The molecular formula is C11H13N5. The zero-order valence-electron chi connectivity index (χ0n) is 9.52. The predicted molar refractivity (Wildman–Crippen MR) is 61.1 cm³/mol. The number of aryl methyl sites for hydroxylation is 2. The molecular weight excluding hydrogens is 202 g/mol. The number of fused-ring (bicyclic) bond motifs is 3. The molecule has 1 N–H and O–H groups in total. The third kappa shape index (κ3) is 1.08. The lowest BCUT2D eigenvalue weighted by Crippen LogP contribution is -2.22. The highest BCUT2D eigenvalue weighted by atomic mass is 15.3. The van der Waals surface area contributed by atoms with E-state index in [1.54, 1.807) is 6.33 Å². The third-order valence-electron chi connectivity index (χ3n) is 2.96. The maximum Gasteiger partial charge on any atom is 0.140 e. The molecule has 3 heterocycles. The van der Waals surface area contributed by atoms with E-state index in [-0.39, 0.29) is 6.17 Å². The second-order valence-corrected chi connectivity index (χ2v) is 4.07. The first kappa shape index (κ1) is 9.33. The van der Waals surface area contributed by atoms with Gasteiger partial charge in [-0.1, -0.05) is 0 Å². The van der Waals surface area contributed by atoms with Gasteiger partial charge in [0.1, 0.15) is 24.1 Å². The first-order valence-electron chi connectivity index (χ1n) is 5.31. The normalized spacial score (nSPS) is 17.6. The van der Waals surface area contributed by atoms with Gasteiger partial charge in [-0.15, -0.1) is 0 Å². The van der Waals surface area contributed by atoms with Crippen LogP contribution in [0.25, 0.3) is 11.3 Å². The van der Waals surface area contributed by atoms with Gasteiger partial charge in [0.25, 0.3) is 0 Å². The Morgan fingerprint density at radius 3 is 3.00 bits per heavy atom. The fourth-order valence-electron chi connectivity index (χ4n) is 2.36. The van der Waals surface area contributed by atoms with Crippen molar-refractivity contribution >= 4 is 5.82 Å². The number of imidazole rings is 1. The van der Waals surface area contributed by atoms with Crippen molar-refractivity contribution in [2.24, 2.45) is 0 Å². The molecule has 0 saturated carbocycles. The summed E-state index contributed by atoms with van der Waals surface area (Å²) in [6, 6.07) is 0. The van der Waals surface area contributed by atoms with Gasteiger partial charge in [0.15, 0.2) is 0 Å². The molecule has 1 aliphatic rings. The van der Waals surface area contributed by atoms with E-state index < -0.39 is 0 Å². The summed E-state index contributed by atoms with van der Waals surface area (Å²) in [6.07, 6.45) is 3.58. The van der Waals surface area contributed by atoms with Gasteiger partial charge in [-0.25, -0.2) is 15.0 Å². The minimum absolute atomic E-state index is 0.179. The van der Waals surface area contributed by atoms with E-state index in [1.807, 2.05) is 20.0 Å². The lowest BCUT2D eigenvalue weighted by molar-refractivity contribution is 0.590. The number of anilines is 1. The summed E-state index contributed by atoms with van der Waals surface area (Å²) in [7, 11) is 0. The summed E-state index contributed by atoms with van der Waals surface area (Å²) in [6.45, 7) is 6.14. The average molecular weight is 215 g/mol. The van der Waals surface area contributed by atoms with Crippen LogP contribution >= 0.6 is 0 Å². The van der Waals surface area contributed by atoms with Gasteiger partial charge in [-0.3, -0.25) is 0 Å². The van der Waals surface area contributed by atoms with Gasteiger partial charge in [-0.05, 0) is 20.8 Å². The molecule has 2 aromatic rings. The molecule has 0 fully saturated rings. The van der Waals surface area contributed by atoms with E-state index in [2.05, 4.69) is 31.8 Å². The number of nitrogens with one attached hydrogen (secondary N) is 1. The number of hydrogen-bond donors (Lipinski definition) is 1. The van der Waals surface area contributed by atoms with Crippen molar-refractivity contribution in [2.75, 3.05) is 5.32 Å². The molecule has 0 aliphatic carbocycles. The Morgan fingerprint density at radius 1 is 1.38 bits per heavy atom. The van der Waals surface area contributed by atoms with Crippen molar-refractivity contribution in [2.45, 2.75) is 26.9 Å². The minimum atomic E-state index is 0.179. The summed E-state index contributed by atoms with van der Waals surface area (Å²) in [5.74, 6) is 1.90. The second-order valence-electron chi connectivity index (χ2n) is 4.07. The minimum Gasteiger partial charge on any atom is -0.349 e. The van der Waals surface area contributed by atoms with Gasteiger partial charge >= 0.3 is 0 Å². The maximum absolute atomic E-state index is 4.51. The molecule has 1 atom stereocenters. The average Bonchev–Trinajstić information content (AvgIpc) is 2.55. The van der Waals surface area contributed by atoms with Crippen LogP contribution in [0.1, 0.15) is 24.6 Å². The molecule has 2 aromatic heterocycles. The van der Waals surface area contributed by atoms with E-state index in [0.717, 1.165) is 28.6 Å². The van der Waals surface area contributed by atoms with Crippen molar-refractivity contribution in [1.82, 2.24) is 19.5 Å². The lowest BCUT2D eigenvalue weighted by Gasteiger charge is -2.26. The van der Waals surface area contributed by atoms with E-state index in [4.69, 9.17) is 0 Å². The summed E-state index contributed by atoms with van der Waals surface area (Å²) in [4.78, 5) is 12.8. The summed E-state index contributed by atoms with van der Waals surface area (Å²) in [5, 5.41) is 3.34. The second kappa shape index (κ2) is 3.04. The van der Waals surface area contributed by atoms with Crippen molar-refractivity contribution in [3.63, 3.8) is 0 Å². The van der Waals surface area contributed by atoms with Crippen molar-refractivity contribution in [3.05, 3.63) is 24.0 Å². The largest absolute Gasteiger partial charge is 0.349 e. The molecule has 5 heteroatoms. The Balaban J connectivity index is 2.35. The fourth-order valence-corrected chi connectivity index (χ4v) is 2.36. The van der Waals surface area contributed by atoms with Crippen LogP contribution < -0.4 is 5.32 Å². The molecule has 0 spiro atoms. The fraction of sp³-hybridized carbons (Fsp3) is 0.364. The highest BCUT2D eigenvalue weighted by Crippen LogP contribution is 2.36. The van der Waals surface area contributed by atoms with Crippen molar-refractivity contribution in [3.8, 4) is 11.3 Å². The zero-order chi connectivity index (χ0) is 11.3. The van der Waals surface area contributed by atoms with Crippen LogP contribution in [-0.4, -0.2) is 19.5 Å². The predicted octanol–water partition coefficient (Wildman–Crippen LogP) is 1.90. The van der Waals surface area contributed by atoms with Gasteiger partial charge in [0.2, 0.25) is 0 Å². The maximum atomic E-state index is 4.51. The quantitative estimate of drug-likeness (QED) is 0.729. The third-order valence-corrected chi connectivity index (χ3v) is 2.96. The van der Waals surface area contributed by atoms with Crippen LogP contribution in [0, 0.1) is 13.8 Å². The summed E-state index contributed by atoms with van der Waals surface area (Å²) >= 11 is 0. The van der Waals surface area contributed by atoms with Gasteiger partial charge < -0.3 is 9.88 Å². The van der Waals surface area contributed by atoms with Crippen LogP contribution in [0.4, 0.5) is 5.82 Å². The molecule has 0 unspecified atom stereocenters. The molecule has 0 aromatic carbocycles. The van der Waals surface area contributed by atoms with Gasteiger partial charge in [-0.2, -0.15) is 0 Å². The Hall–Kier alpha value is -1.91. The molecule has 16 heavy (non-hydrogen) atoms. The van der Waals surface area contributed by atoms with Crippen LogP contribution in [0.15, 0.2) is 12.5 Å². The van der Waals surface area contributed by atoms with Crippen molar-refractivity contribution < 1.29 is 0 Å². The van der Waals surface area contributed by atoms with Crippen LogP contribution in [0.2, 0.25) is 0 Å². The van der Waals surface area contributed by atoms with Gasteiger partial charge in [0, 0.05) is 6.20 Å². The molecule has 0 radical (unpaired) electrons. The van der Waals surface area contributed by atoms with E-state index in [9.17, 15) is 0 Å². The molecule has 0 amide bonds. The van der Waals surface area contributed by atoms with Crippen molar-refractivity contribution in [1.29, 1.82) is 0 Å². The van der Waals surface area contributed by atoms with Crippen LogP contribution in [-0.2, 0) is 0 Å². The molecule has 82 valence electrons. The molecule has 3 rings (SSSR count). The monoisotopic (exact) mass is 215 g/mol. The Morgan fingerprint density at radius 2 is 2.19 bits per heavy atom. The topological polar surface area (TPSA) is 55.6 Å². The number of rotatable bonds is 0. The SMILES string of the molecule is Cc1nc(C)n2c1-c1cncnc1N[C@@H]2C. The number of hydrogen-bond acceptors (Lipinski definition) is 4. The Labute approximate surface area is 93.6 Å². The van der Waals surface area contributed by atoms with Crippen LogP contribution in [0.5, 0.6) is 0 Å². The van der Waals surface area contributed by atoms with E-state index in [0.29, 0.717) is 0 Å². The van der Waals surface area contributed by atoms with E-state index >= 15 is 0 Å². The molecule has 1 aliphatic heterocycles. The standard InChI is InChI=1S/C11H13N5/c1-6-10-9-4-12-5-13-11(9)15-8(3)16(10)7(2)14-6/h4-5,8H,1-3H3,(H,12,13,15)/t8-/m0/s1. The molecule has 0 bridgehead atoms. The Kier molecular flexibility index (Phi) is 1.77. The highest BCUT2D eigenvalue weighted by Gasteiger charge is 2.25. The first-order chi connectivity index (χ1) is 7.68. The zero-order valence-corrected chi connectivity index (χ0v) is 9.52. The highest BCUT2D eigenvalue weighted by molar-refractivity contribution is 5.76. The van der Waals surface area contributed by atoms with Crippen LogP contribution in [0.3, 0.4) is 0 Å². The molecule has 5 nitrogen and oxygen atoms in total. The molecule has 0 saturated heterocycles. The smallest absolute Gasteiger partial charge is 0.140 e. The summed E-state index contributed by atoms with van der Waals surface area (Å²) < 4.78 is 2.18. The Bertz CT molecular complexity index is 557. The van der Waals surface area contributed by atoms with Gasteiger partial charge in [0.05, 0.1) is 17.0 Å². The first-order valence-corrected chi connectivity index (χ1v) is 5.31. The summed E-state index contributed by atoms with van der Waals surface area (Å²) in [5.41, 5.74) is 3.18. The lowest BCUT2D eigenvalue weighted by atomic mass is 10.1.